The number of hydrogen-bond acceptors (Lipinski definition) is 2. The van der Waals surface area contributed by atoms with E-state index in [1.807, 2.05) is 14.1 Å². The summed E-state index contributed by atoms with van der Waals surface area (Å²) >= 11 is 3.08. The van der Waals surface area contributed by atoms with Gasteiger partial charge in [-0.05, 0) is 48.1 Å². The Kier molecular flexibility index (Phi) is 5.94. The minimum Gasteiger partial charge on any atom is -0.350 e. The third-order valence-corrected chi connectivity index (χ3v) is 3.71. The van der Waals surface area contributed by atoms with Crippen LogP contribution < -0.4 is 5.32 Å². The molecular formula is C14H20BrFN2O. The van der Waals surface area contributed by atoms with E-state index < -0.39 is 5.82 Å². The topological polar surface area (TPSA) is 32.3 Å². The number of hydrogen-bond donors (Lipinski definition) is 1. The number of halogens is 2. The standard InChI is InChI=1S/C14H20BrFN2O/c1-9(2)12(18(3)4)8-17-14(19)10-6-5-7-11(15)13(10)16/h5-7,9,12H,8H2,1-4H3,(H,17,19). The molecule has 1 amide bonds. The molecule has 0 aromatic heterocycles. The predicted molar refractivity (Wildman–Crippen MR) is 78.7 cm³/mol. The van der Waals surface area contributed by atoms with E-state index in [2.05, 4.69) is 40.0 Å². The van der Waals surface area contributed by atoms with Crippen LogP contribution in [0.1, 0.15) is 24.2 Å². The zero-order valence-electron chi connectivity index (χ0n) is 11.7. The fourth-order valence-electron chi connectivity index (χ4n) is 1.99. The monoisotopic (exact) mass is 330 g/mol. The van der Waals surface area contributed by atoms with Crippen LogP contribution in [0.15, 0.2) is 22.7 Å². The van der Waals surface area contributed by atoms with Crippen LogP contribution in [0.2, 0.25) is 0 Å². The summed E-state index contributed by atoms with van der Waals surface area (Å²) in [5.74, 6) is -0.500. The van der Waals surface area contributed by atoms with E-state index in [9.17, 15) is 9.18 Å². The van der Waals surface area contributed by atoms with Crippen molar-refractivity contribution in [3.63, 3.8) is 0 Å². The van der Waals surface area contributed by atoms with E-state index in [-0.39, 0.29) is 17.5 Å². The van der Waals surface area contributed by atoms with Crippen LogP contribution in [0.25, 0.3) is 0 Å². The second kappa shape index (κ2) is 7.01. The van der Waals surface area contributed by atoms with Crippen molar-refractivity contribution in [1.29, 1.82) is 0 Å². The Labute approximate surface area is 122 Å². The summed E-state index contributed by atoms with van der Waals surface area (Å²) in [7, 11) is 3.94. The molecule has 106 valence electrons. The molecule has 0 aliphatic carbocycles. The lowest BCUT2D eigenvalue weighted by molar-refractivity contribution is 0.0930. The van der Waals surface area contributed by atoms with Gasteiger partial charge in [-0.15, -0.1) is 0 Å². The summed E-state index contributed by atoms with van der Waals surface area (Å²) < 4.78 is 14.1. The first kappa shape index (κ1) is 16.1. The van der Waals surface area contributed by atoms with Gasteiger partial charge in [0.05, 0.1) is 10.0 Å². The molecule has 0 radical (unpaired) electrons. The fraction of sp³-hybridized carbons (Fsp3) is 0.500. The van der Waals surface area contributed by atoms with Gasteiger partial charge in [0.2, 0.25) is 0 Å². The molecule has 0 heterocycles. The van der Waals surface area contributed by atoms with Crippen molar-refractivity contribution in [3.8, 4) is 0 Å². The van der Waals surface area contributed by atoms with Crippen molar-refractivity contribution in [3.05, 3.63) is 34.1 Å². The van der Waals surface area contributed by atoms with E-state index in [1.165, 1.54) is 6.07 Å². The Morgan fingerprint density at radius 1 is 1.42 bits per heavy atom. The number of nitrogens with one attached hydrogen (secondary N) is 1. The highest BCUT2D eigenvalue weighted by Crippen LogP contribution is 2.18. The minimum atomic E-state index is -0.522. The average molecular weight is 331 g/mol. The lowest BCUT2D eigenvalue weighted by Crippen LogP contribution is -2.43. The van der Waals surface area contributed by atoms with Crippen LogP contribution in [0, 0.1) is 11.7 Å². The molecule has 3 nitrogen and oxygen atoms in total. The quantitative estimate of drug-likeness (QED) is 0.900. The van der Waals surface area contributed by atoms with Crippen LogP contribution in [-0.2, 0) is 0 Å². The second-order valence-electron chi connectivity index (χ2n) is 5.09. The molecule has 1 rings (SSSR count). The normalized spacial score (nSPS) is 12.8. The number of carbonyl (C=O) groups is 1. The highest BCUT2D eigenvalue weighted by molar-refractivity contribution is 9.10. The molecule has 1 N–H and O–H groups in total. The number of nitrogens with zero attached hydrogens (tertiary/aromatic N) is 1. The number of amides is 1. The second-order valence-corrected chi connectivity index (χ2v) is 5.94. The Hall–Kier alpha value is -0.940. The Morgan fingerprint density at radius 2 is 2.05 bits per heavy atom. The zero-order valence-corrected chi connectivity index (χ0v) is 13.3. The molecule has 0 saturated carbocycles. The van der Waals surface area contributed by atoms with Crippen molar-refractivity contribution in [1.82, 2.24) is 10.2 Å². The smallest absolute Gasteiger partial charge is 0.254 e. The Balaban J connectivity index is 2.72. The first-order valence-corrected chi connectivity index (χ1v) is 7.02. The Morgan fingerprint density at radius 3 is 2.58 bits per heavy atom. The molecule has 1 atom stereocenters. The van der Waals surface area contributed by atoms with Crippen molar-refractivity contribution < 1.29 is 9.18 Å². The van der Waals surface area contributed by atoms with Gasteiger partial charge in [-0.25, -0.2) is 4.39 Å². The summed E-state index contributed by atoms with van der Waals surface area (Å²) in [4.78, 5) is 14.0. The maximum Gasteiger partial charge on any atom is 0.254 e. The molecular weight excluding hydrogens is 311 g/mol. The molecule has 0 saturated heterocycles. The van der Waals surface area contributed by atoms with E-state index in [1.54, 1.807) is 12.1 Å². The predicted octanol–water partition coefficient (Wildman–Crippen LogP) is 2.90. The van der Waals surface area contributed by atoms with Gasteiger partial charge in [0.25, 0.3) is 5.91 Å². The summed E-state index contributed by atoms with van der Waals surface area (Å²) in [6, 6.07) is 4.92. The number of likely N-dealkylation sites (N-methyl/N-ethyl adjacent to an activating group) is 1. The Bertz CT molecular complexity index is 441. The summed E-state index contributed by atoms with van der Waals surface area (Å²) in [5.41, 5.74) is 0.0654. The van der Waals surface area contributed by atoms with Crippen LogP contribution in [0.5, 0.6) is 0 Å². The van der Waals surface area contributed by atoms with Crippen LogP contribution in [0.3, 0.4) is 0 Å². The SMILES string of the molecule is CC(C)C(CNC(=O)c1cccc(Br)c1F)N(C)C. The number of benzene rings is 1. The molecule has 0 bridgehead atoms. The molecule has 19 heavy (non-hydrogen) atoms. The van der Waals surface area contributed by atoms with Gasteiger partial charge < -0.3 is 10.2 Å². The van der Waals surface area contributed by atoms with Crippen molar-refractivity contribution in [2.45, 2.75) is 19.9 Å². The first-order chi connectivity index (χ1) is 8.84. The maximum absolute atomic E-state index is 13.8. The van der Waals surface area contributed by atoms with Crippen molar-refractivity contribution >= 4 is 21.8 Å². The zero-order chi connectivity index (χ0) is 14.6. The van der Waals surface area contributed by atoms with Gasteiger partial charge in [-0.2, -0.15) is 0 Å². The largest absolute Gasteiger partial charge is 0.350 e. The van der Waals surface area contributed by atoms with Crippen molar-refractivity contribution in [2.24, 2.45) is 5.92 Å². The molecule has 5 heteroatoms. The fourth-order valence-corrected chi connectivity index (χ4v) is 2.35. The highest BCUT2D eigenvalue weighted by Gasteiger charge is 2.19. The highest BCUT2D eigenvalue weighted by atomic mass is 79.9. The van der Waals surface area contributed by atoms with Gasteiger partial charge in [0.1, 0.15) is 5.82 Å². The average Bonchev–Trinajstić information content (AvgIpc) is 2.31. The molecule has 0 aliphatic heterocycles. The summed E-state index contributed by atoms with van der Waals surface area (Å²) in [5, 5.41) is 2.79. The summed E-state index contributed by atoms with van der Waals surface area (Å²) in [6.07, 6.45) is 0. The molecule has 0 spiro atoms. The molecule has 1 unspecified atom stereocenters. The van der Waals surface area contributed by atoms with Crippen molar-refractivity contribution in [2.75, 3.05) is 20.6 Å². The van der Waals surface area contributed by atoms with E-state index in [0.717, 1.165) is 0 Å². The number of carbonyl (C=O) groups excluding carboxylic acids is 1. The van der Waals surface area contributed by atoms with Gasteiger partial charge in [-0.3, -0.25) is 4.79 Å². The van der Waals surface area contributed by atoms with E-state index >= 15 is 0 Å². The van der Waals surface area contributed by atoms with Crippen LogP contribution >= 0.6 is 15.9 Å². The van der Waals surface area contributed by atoms with Crippen LogP contribution in [0.4, 0.5) is 4.39 Å². The molecule has 1 aromatic rings. The van der Waals surface area contributed by atoms with Crippen LogP contribution in [-0.4, -0.2) is 37.5 Å². The van der Waals surface area contributed by atoms with E-state index in [0.29, 0.717) is 16.9 Å². The third-order valence-electron chi connectivity index (χ3n) is 3.10. The van der Waals surface area contributed by atoms with Gasteiger partial charge in [0.15, 0.2) is 0 Å². The van der Waals surface area contributed by atoms with Gasteiger partial charge in [-0.1, -0.05) is 19.9 Å². The summed E-state index contributed by atoms with van der Waals surface area (Å²) in [6.45, 7) is 4.68. The third kappa shape index (κ3) is 4.28. The number of rotatable bonds is 5. The maximum atomic E-state index is 13.8. The molecule has 0 fully saturated rings. The van der Waals surface area contributed by atoms with Gasteiger partial charge in [0, 0.05) is 12.6 Å². The van der Waals surface area contributed by atoms with E-state index in [4.69, 9.17) is 0 Å². The molecule has 1 aromatic carbocycles. The minimum absolute atomic E-state index is 0.0654. The first-order valence-electron chi connectivity index (χ1n) is 6.23. The lowest BCUT2D eigenvalue weighted by Gasteiger charge is -2.28. The molecule has 0 aliphatic rings. The van der Waals surface area contributed by atoms with Gasteiger partial charge >= 0.3 is 0 Å². The lowest BCUT2D eigenvalue weighted by atomic mass is 10.0.